The Morgan fingerprint density at radius 1 is 1.20 bits per heavy atom. The molecule has 1 aromatic rings. The van der Waals surface area contributed by atoms with E-state index in [2.05, 4.69) is 10.6 Å². The quantitative estimate of drug-likeness (QED) is 0.873. The molecular weight excluding hydrogens is 262 g/mol. The Morgan fingerprint density at radius 3 is 2.25 bits per heavy atom. The first-order valence-corrected chi connectivity index (χ1v) is 6.68. The molecule has 1 atom stereocenters. The van der Waals surface area contributed by atoms with Crippen molar-refractivity contribution in [2.45, 2.75) is 45.7 Å². The number of rotatable bonds is 5. The van der Waals surface area contributed by atoms with Gasteiger partial charge in [-0.3, -0.25) is 4.79 Å². The third kappa shape index (κ3) is 6.10. The Hall–Kier alpha value is -1.49. The van der Waals surface area contributed by atoms with Crippen LogP contribution in [0.1, 0.15) is 45.7 Å². The molecule has 1 amide bonds. The maximum atomic E-state index is 13.1. The molecule has 3 nitrogen and oxygen atoms in total. The summed E-state index contributed by atoms with van der Waals surface area (Å²) in [5, 5.41) is 5.93. The second-order valence-corrected chi connectivity index (χ2v) is 5.93. The summed E-state index contributed by atoms with van der Waals surface area (Å²) in [6.07, 6.45) is 0.319. The van der Waals surface area contributed by atoms with Crippen molar-refractivity contribution in [2.24, 2.45) is 0 Å². The van der Waals surface area contributed by atoms with Crippen molar-refractivity contribution < 1.29 is 13.6 Å². The second-order valence-electron chi connectivity index (χ2n) is 5.93. The van der Waals surface area contributed by atoms with E-state index in [1.807, 2.05) is 20.8 Å². The van der Waals surface area contributed by atoms with Gasteiger partial charge in [-0.1, -0.05) is 0 Å². The molecule has 0 aliphatic heterocycles. The maximum Gasteiger partial charge on any atom is 0.221 e. The van der Waals surface area contributed by atoms with Crippen LogP contribution in [-0.2, 0) is 4.79 Å². The van der Waals surface area contributed by atoms with Crippen LogP contribution in [0.15, 0.2) is 18.2 Å². The third-order valence-electron chi connectivity index (χ3n) is 2.70. The van der Waals surface area contributed by atoms with Crippen LogP contribution < -0.4 is 10.6 Å². The summed E-state index contributed by atoms with van der Waals surface area (Å²) in [7, 11) is 0. The van der Waals surface area contributed by atoms with Crippen LogP contribution in [0.4, 0.5) is 8.78 Å². The lowest BCUT2D eigenvalue weighted by Gasteiger charge is -2.21. The predicted octanol–water partition coefficient (Wildman–Crippen LogP) is 2.92. The molecule has 112 valence electrons. The first-order chi connectivity index (χ1) is 9.17. The van der Waals surface area contributed by atoms with E-state index in [0.29, 0.717) is 18.5 Å². The zero-order chi connectivity index (χ0) is 15.3. The van der Waals surface area contributed by atoms with Crippen molar-refractivity contribution in [3.8, 4) is 0 Å². The summed E-state index contributed by atoms with van der Waals surface area (Å²) in [5.74, 6) is -1.25. The van der Waals surface area contributed by atoms with Gasteiger partial charge in [0.05, 0.1) is 0 Å². The Balaban J connectivity index is 2.44. The standard InChI is InChI=1S/C15H22F2N2O/c1-10(11-7-12(16)9-13(17)8-11)18-6-5-14(20)19-15(2,3)4/h7-10,18H,5-6H2,1-4H3,(H,19,20). The normalized spacial score (nSPS) is 13.1. The molecule has 0 aliphatic rings. The molecule has 0 spiro atoms. The fourth-order valence-electron chi connectivity index (χ4n) is 1.83. The zero-order valence-electron chi connectivity index (χ0n) is 12.4. The minimum Gasteiger partial charge on any atom is -0.351 e. The van der Waals surface area contributed by atoms with Gasteiger partial charge in [0, 0.05) is 30.6 Å². The van der Waals surface area contributed by atoms with Crippen LogP contribution in [0.3, 0.4) is 0 Å². The van der Waals surface area contributed by atoms with Gasteiger partial charge in [0.25, 0.3) is 0 Å². The molecule has 0 aromatic heterocycles. The monoisotopic (exact) mass is 284 g/mol. The van der Waals surface area contributed by atoms with Crippen LogP contribution in [0.25, 0.3) is 0 Å². The Morgan fingerprint density at radius 2 is 1.75 bits per heavy atom. The lowest BCUT2D eigenvalue weighted by Crippen LogP contribution is -2.41. The average Bonchev–Trinajstić information content (AvgIpc) is 2.24. The number of carbonyl (C=O) groups is 1. The summed E-state index contributed by atoms with van der Waals surface area (Å²) in [5.41, 5.74) is 0.271. The van der Waals surface area contributed by atoms with E-state index in [-0.39, 0.29) is 17.5 Å². The molecule has 0 heterocycles. The van der Waals surface area contributed by atoms with Crippen molar-refractivity contribution in [1.82, 2.24) is 10.6 Å². The number of hydrogen-bond acceptors (Lipinski definition) is 2. The van der Waals surface area contributed by atoms with E-state index in [1.165, 1.54) is 12.1 Å². The van der Waals surface area contributed by atoms with Crippen LogP contribution in [0.5, 0.6) is 0 Å². The minimum atomic E-state index is -0.598. The molecule has 1 unspecified atom stereocenters. The summed E-state index contributed by atoms with van der Waals surface area (Å²) < 4.78 is 26.2. The maximum absolute atomic E-state index is 13.1. The van der Waals surface area contributed by atoms with E-state index >= 15 is 0 Å². The van der Waals surface area contributed by atoms with E-state index in [0.717, 1.165) is 6.07 Å². The summed E-state index contributed by atoms with van der Waals surface area (Å²) >= 11 is 0. The molecule has 0 saturated carbocycles. The Labute approximate surface area is 118 Å². The SMILES string of the molecule is CC(NCCC(=O)NC(C)(C)C)c1cc(F)cc(F)c1. The topological polar surface area (TPSA) is 41.1 Å². The largest absolute Gasteiger partial charge is 0.351 e. The number of nitrogens with one attached hydrogen (secondary N) is 2. The molecule has 0 saturated heterocycles. The second kappa shape index (κ2) is 6.79. The molecule has 20 heavy (non-hydrogen) atoms. The highest BCUT2D eigenvalue weighted by Gasteiger charge is 2.14. The number of amides is 1. The average molecular weight is 284 g/mol. The van der Waals surface area contributed by atoms with Gasteiger partial charge in [-0.15, -0.1) is 0 Å². The molecular formula is C15H22F2N2O. The summed E-state index contributed by atoms with van der Waals surface area (Å²) in [6.45, 7) is 7.99. The van der Waals surface area contributed by atoms with Crippen LogP contribution in [-0.4, -0.2) is 18.0 Å². The Bertz CT molecular complexity index is 449. The fraction of sp³-hybridized carbons (Fsp3) is 0.533. The lowest BCUT2D eigenvalue weighted by atomic mass is 10.1. The molecule has 1 aromatic carbocycles. The number of halogens is 2. The van der Waals surface area contributed by atoms with E-state index in [9.17, 15) is 13.6 Å². The number of benzene rings is 1. The van der Waals surface area contributed by atoms with Crippen LogP contribution >= 0.6 is 0 Å². The van der Waals surface area contributed by atoms with Crippen LogP contribution in [0, 0.1) is 11.6 Å². The van der Waals surface area contributed by atoms with Crippen molar-refractivity contribution in [3.05, 3.63) is 35.4 Å². The van der Waals surface area contributed by atoms with Crippen molar-refractivity contribution in [2.75, 3.05) is 6.54 Å². The van der Waals surface area contributed by atoms with Crippen molar-refractivity contribution in [3.63, 3.8) is 0 Å². The van der Waals surface area contributed by atoms with Gasteiger partial charge in [-0.25, -0.2) is 8.78 Å². The van der Waals surface area contributed by atoms with Crippen molar-refractivity contribution >= 4 is 5.91 Å². The third-order valence-corrected chi connectivity index (χ3v) is 2.70. The predicted molar refractivity (Wildman–Crippen MR) is 75.3 cm³/mol. The number of carbonyl (C=O) groups excluding carboxylic acids is 1. The number of hydrogen-bond donors (Lipinski definition) is 2. The molecule has 0 bridgehead atoms. The van der Waals surface area contributed by atoms with Gasteiger partial charge < -0.3 is 10.6 Å². The zero-order valence-corrected chi connectivity index (χ0v) is 12.4. The van der Waals surface area contributed by atoms with Gasteiger partial charge in [0.2, 0.25) is 5.91 Å². The van der Waals surface area contributed by atoms with Crippen LogP contribution in [0.2, 0.25) is 0 Å². The smallest absolute Gasteiger partial charge is 0.221 e. The molecule has 0 radical (unpaired) electrons. The summed E-state index contributed by atoms with van der Waals surface area (Å²) in [4.78, 5) is 11.6. The van der Waals surface area contributed by atoms with Gasteiger partial charge in [-0.05, 0) is 45.4 Å². The highest BCUT2D eigenvalue weighted by molar-refractivity contribution is 5.76. The van der Waals surface area contributed by atoms with Gasteiger partial charge in [0.1, 0.15) is 11.6 Å². The van der Waals surface area contributed by atoms with Gasteiger partial charge in [0.15, 0.2) is 0 Å². The highest BCUT2D eigenvalue weighted by Crippen LogP contribution is 2.15. The Kier molecular flexibility index (Phi) is 5.62. The molecule has 0 fully saturated rings. The van der Waals surface area contributed by atoms with Crippen molar-refractivity contribution in [1.29, 1.82) is 0 Å². The first-order valence-electron chi connectivity index (χ1n) is 6.68. The fourth-order valence-corrected chi connectivity index (χ4v) is 1.83. The first kappa shape index (κ1) is 16.6. The van der Waals surface area contributed by atoms with E-state index in [4.69, 9.17) is 0 Å². The molecule has 1 rings (SSSR count). The highest BCUT2D eigenvalue weighted by atomic mass is 19.1. The van der Waals surface area contributed by atoms with E-state index < -0.39 is 11.6 Å². The lowest BCUT2D eigenvalue weighted by molar-refractivity contribution is -0.122. The van der Waals surface area contributed by atoms with Gasteiger partial charge in [-0.2, -0.15) is 0 Å². The molecule has 0 aliphatic carbocycles. The van der Waals surface area contributed by atoms with E-state index in [1.54, 1.807) is 6.92 Å². The van der Waals surface area contributed by atoms with Gasteiger partial charge >= 0.3 is 0 Å². The minimum absolute atomic E-state index is 0.0531. The summed E-state index contributed by atoms with van der Waals surface area (Å²) in [6, 6.07) is 3.20. The molecule has 5 heteroatoms. The molecule has 2 N–H and O–H groups in total.